The van der Waals surface area contributed by atoms with Crippen molar-refractivity contribution in [2.45, 2.75) is 12.8 Å². The Morgan fingerprint density at radius 3 is 2.42 bits per heavy atom. The Bertz CT molecular complexity index is 1250. The zero-order valence-corrected chi connectivity index (χ0v) is 17.4. The lowest BCUT2D eigenvalue weighted by molar-refractivity contribution is -0.114. The lowest BCUT2D eigenvalue weighted by Crippen LogP contribution is -2.13. The molecule has 1 heterocycles. The minimum atomic E-state index is -0.224. The number of benzene rings is 2. The van der Waals surface area contributed by atoms with Crippen LogP contribution in [-0.2, 0) is 9.59 Å². The molecule has 31 heavy (non-hydrogen) atoms. The van der Waals surface area contributed by atoms with E-state index in [4.69, 9.17) is 4.74 Å². The molecule has 1 N–H and O–H groups in total. The smallest absolute Gasteiger partial charge is 0.248 e. The number of methoxy groups -OCH3 is 1. The van der Waals surface area contributed by atoms with E-state index in [1.165, 1.54) is 18.2 Å². The average Bonchev–Trinajstić information content (AvgIpc) is 2.77. The van der Waals surface area contributed by atoms with Crippen molar-refractivity contribution in [1.29, 1.82) is 0 Å². The van der Waals surface area contributed by atoms with Gasteiger partial charge in [0.1, 0.15) is 5.75 Å². The second-order valence-corrected chi connectivity index (χ2v) is 7.02. The first kappa shape index (κ1) is 21.7. The van der Waals surface area contributed by atoms with Gasteiger partial charge in [-0.2, -0.15) is 0 Å². The summed E-state index contributed by atoms with van der Waals surface area (Å²) in [5.41, 5.74) is 3.08. The topological polar surface area (TPSA) is 76.2 Å². The van der Waals surface area contributed by atoms with Gasteiger partial charge in [0.25, 0.3) is 0 Å². The molecule has 0 bridgehead atoms. The minimum absolute atomic E-state index is 0.0977. The van der Waals surface area contributed by atoms with Crippen LogP contribution < -0.4 is 10.3 Å². The summed E-state index contributed by atoms with van der Waals surface area (Å²) in [6, 6.07) is 16.8. The van der Waals surface area contributed by atoms with Crippen LogP contribution in [-0.4, -0.2) is 23.7 Å². The summed E-state index contributed by atoms with van der Waals surface area (Å²) in [7, 11) is 1.59. The highest BCUT2D eigenvalue weighted by molar-refractivity contribution is 6.18. The number of nitrogens with one attached hydrogen (secondary N) is 1. The number of rotatable bonds is 4. The van der Waals surface area contributed by atoms with Crippen LogP contribution in [0.15, 0.2) is 95.8 Å². The van der Waals surface area contributed by atoms with Gasteiger partial charge in [0.15, 0.2) is 11.6 Å². The lowest BCUT2D eigenvalue weighted by atomic mass is 9.86. The van der Waals surface area contributed by atoms with E-state index in [1.54, 1.807) is 19.3 Å². The molecule has 0 radical (unpaired) electrons. The van der Waals surface area contributed by atoms with Gasteiger partial charge in [-0.05, 0) is 42.3 Å². The molecule has 5 heteroatoms. The Hall–Kier alpha value is -3.99. The van der Waals surface area contributed by atoms with E-state index in [2.05, 4.69) is 11.6 Å². The van der Waals surface area contributed by atoms with E-state index in [9.17, 15) is 14.4 Å². The molecular formula is C26H23NO4. The first-order chi connectivity index (χ1) is 14.9. The van der Waals surface area contributed by atoms with Crippen LogP contribution >= 0.6 is 0 Å². The van der Waals surface area contributed by atoms with Gasteiger partial charge in [-0.3, -0.25) is 14.4 Å². The molecule has 1 aromatic heterocycles. The Kier molecular flexibility index (Phi) is 6.78. The van der Waals surface area contributed by atoms with Crippen LogP contribution in [0.2, 0.25) is 0 Å². The Morgan fingerprint density at radius 2 is 1.74 bits per heavy atom. The molecule has 1 aliphatic carbocycles. The molecule has 0 saturated heterocycles. The molecule has 0 spiro atoms. The van der Waals surface area contributed by atoms with Crippen molar-refractivity contribution in [3.05, 3.63) is 113 Å². The molecule has 0 saturated carbocycles. The third kappa shape index (κ3) is 4.95. The van der Waals surface area contributed by atoms with Gasteiger partial charge in [0.2, 0.25) is 5.56 Å². The number of aryl methyl sites for hydroxylation is 1. The van der Waals surface area contributed by atoms with Crippen LogP contribution in [0.25, 0.3) is 10.9 Å². The highest BCUT2D eigenvalue weighted by Crippen LogP contribution is 2.28. The standard InChI is InChI=1S/C15H12O2.C11H11NO2/c1-2-13(11-6-4-3-5-7-11)14-10-12(16)8-9-15(14)17;1-7-6-10(13)12-11-8(7)4-3-5-9(11)14-2/h2-10,13H,1H2;3-6H,1-2H3,(H,12,13). The fourth-order valence-electron chi connectivity index (χ4n) is 3.47. The fraction of sp³-hybridized carbons (Fsp3) is 0.115. The van der Waals surface area contributed by atoms with Crippen molar-refractivity contribution >= 4 is 22.5 Å². The van der Waals surface area contributed by atoms with Gasteiger partial charge in [-0.25, -0.2) is 0 Å². The zero-order valence-electron chi connectivity index (χ0n) is 17.4. The molecule has 3 aromatic rings. The van der Waals surface area contributed by atoms with Crippen LogP contribution in [0.4, 0.5) is 0 Å². The molecule has 4 rings (SSSR count). The number of pyridine rings is 1. The number of aromatic nitrogens is 1. The molecule has 1 unspecified atom stereocenters. The number of hydrogen-bond donors (Lipinski definition) is 1. The third-order valence-electron chi connectivity index (χ3n) is 4.98. The zero-order chi connectivity index (χ0) is 22.4. The number of H-pyrrole nitrogens is 1. The van der Waals surface area contributed by atoms with Crippen LogP contribution in [0.1, 0.15) is 17.0 Å². The Balaban J connectivity index is 0.000000179. The average molecular weight is 413 g/mol. The third-order valence-corrected chi connectivity index (χ3v) is 4.98. The first-order valence-electron chi connectivity index (χ1n) is 9.76. The number of allylic oxidation sites excluding steroid dienone is 5. The number of fused-ring (bicyclic) bond motifs is 1. The number of carbonyl (C=O) groups excluding carboxylic acids is 2. The maximum Gasteiger partial charge on any atom is 0.248 e. The summed E-state index contributed by atoms with van der Waals surface area (Å²) in [6.45, 7) is 5.66. The fourth-order valence-corrected chi connectivity index (χ4v) is 3.47. The van der Waals surface area contributed by atoms with E-state index in [-0.39, 0.29) is 23.0 Å². The molecule has 0 aliphatic heterocycles. The maximum atomic E-state index is 11.8. The summed E-state index contributed by atoms with van der Waals surface area (Å²) >= 11 is 0. The normalized spacial score (nSPS) is 13.8. The molecule has 156 valence electrons. The summed E-state index contributed by atoms with van der Waals surface area (Å²) in [5.74, 6) is 0.196. The summed E-state index contributed by atoms with van der Waals surface area (Å²) in [6.07, 6.45) is 5.68. The van der Waals surface area contributed by atoms with Crippen LogP contribution in [0.3, 0.4) is 0 Å². The second-order valence-electron chi connectivity index (χ2n) is 7.02. The number of para-hydroxylation sites is 1. The van der Waals surface area contributed by atoms with Crippen molar-refractivity contribution in [2.24, 2.45) is 0 Å². The van der Waals surface area contributed by atoms with Crippen molar-refractivity contribution in [1.82, 2.24) is 4.98 Å². The molecule has 0 fully saturated rings. The number of ketones is 2. The van der Waals surface area contributed by atoms with Gasteiger partial charge >= 0.3 is 0 Å². The monoisotopic (exact) mass is 413 g/mol. The van der Waals surface area contributed by atoms with Crippen LogP contribution in [0, 0.1) is 6.92 Å². The van der Waals surface area contributed by atoms with E-state index < -0.39 is 0 Å². The van der Waals surface area contributed by atoms with Gasteiger partial charge in [-0.15, -0.1) is 6.58 Å². The van der Waals surface area contributed by atoms with Gasteiger partial charge in [0.05, 0.1) is 12.6 Å². The highest BCUT2D eigenvalue weighted by Gasteiger charge is 2.21. The summed E-state index contributed by atoms with van der Waals surface area (Å²) in [4.78, 5) is 37.1. The SMILES string of the molecule is C=CC(C1=CC(=O)C=CC1=O)c1ccccc1.COc1cccc2c(C)cc(=O)[nH]c12. The quantitative estimate of drug-likeness (QED) is 0.507. The lowest BCUT2D eigenvalue weighted by Gasteiger charge is -2.16. The molecule has 1 aliphatic rings. The van der Waals surface area contributed by atoms with E-state index in [0.717, 1.165) is 22.0 Å². The molecule has 0 amide bonds. The van der Waals surface area contributed by atoms with Crippen molar-refractivity contribution < 1.29 is 14.3 Å². The molecular weight excluding hydrogens is 390 g/mol. The Labute approximate surface area is 180 Å². The summed E-state index contributed by atoms with van der Waals surface area (Å²) < 4.78 is 5.17. The predicted molar refractivity (Wildman–Crippen MR) is 122 cm³/mol. The minimum Gasteiger partial charge on any atom is -0.495 e. The van der Waals surface area contributed by atoms with Crippen molar-refractivity contribution in [2.75, 3.05) is 7.11 Å². The van der Waals surface area contributed by atoms with E-state index >= 15 is 0 Å². The van der Waals surface area contributed by atoms with Gasteiger partial charge < -0.3 is 9.72 Å². The first-order valence-corrected chi connectivity index (χ1v) is 9.76. The predicted octanol–water partition coefficient (Wildman–Crippen LogP) is 4.44. The van der Waals surface area contributed by atoms with Crippen molar-refractivity contribution in [3.63, 3.8) is 0 Å². The molecule has 5 nitrogen and oxygen atoms in total. The number of aromatic amines is 1. The highest BCUT2D eigenvalue weighted by atomic mass is 16.5. The number of hydrogen-bond acceptors (Lipinski definition) is 4. The Morgan fingerprint density at radius 1 is 1.00 bits per heavy atom. The van der Waals surface area contributed by atoms with Gasteiger partial charge in [0, 0.05) is 22.9 Å². The molecule has 1 atom stereocenters. The van der Waals surface area contributed by atoms with Crippen molar-refractivity contribution in [3.8, 4) is 5.75 Å². The van der Waals surface area contributed by atoms with Crippen LogP contribution in [0.5, 0.6) is 5.75 Å². The number of carbonyl (C=O) groups is 2. The van der Waals surface area contributed by atoms with E-state index in [1.807, 2.05) is 55.5 Å². The van der Waals surface area contributed by atoms with Gasteiger partial charge in [-0.1, -0.05) is 48.5 Å². The molecule has 2 aromatic carbocycles. The van der Waals surface area contributed by atoms with E-state index in [0.29, 0.717) is 11.3 Å². The largest absolute Gasteiger partial charge is 0.495 e. The maximum absolute atomic E-state index is 11.8. The second kappa shape index (κ2) is 9.67. The number of ether oxygens (including phenoxy) is 1. The summed E-state index contributed by atoms with van der Waals surface area (Å²) in [5, 5.41) is 1.02.